The molecule has 0 aliphatic heterocycles. The molecule has 2 aromatic rings. The Morgan fingerprint density at radius 3 is 2.50 bits per heavy atom. The number of hydrogen-bond acceptors (Lipinski definition) is 2. The third-order valence-electron chi connectivity index (χ3n) is 2.96. The second-order valence-corrected chi connectivity index (χ2v) is 5.24. The predicted octanol–water partition coefficient (Wildman–Crippen LogP) is 4.91. The molecule has 1 N–H and O–H groups in total. The highest BCUT2D eigenvalue weighted by molar-refractivity contribution is 9.10. The Morgan fingerprint density at radius 2 is 1.90 bits per heavy atom. The van der Waals surface area contributed by atoms with E-state index in [1.165, 1.54) is 25.3 Å². The van der Waals surface area contributed by atoms with Gasteiger partial charge in [-0.3, -0.25) is 0 Å². The van der Waals surface area contributed by atoms with E-state index >= 15 is 0 Å². The van der Waals surface area contributed by atoms with Crippen LogP contribution < -0.4 is 10.1 Å². The Kier molecular flexibility index (Phi) is 4.60. The number of rotatable bonds is 4. The summed E-state index contributed by atoms with van der Waals surface area (Å²) in [5.41, 5.74) is 1.52. The minimum absolute atomic E-state index is 0.0993. The summed E-state index contributed by atoms with van der Waals surface area (Å²) in [6.07, 6.45) is 0. The van der Waals surface area contributed by atoms with E-state index in [-0.39, 0.29) is 17.6 Å². The van der Waals surface area contributed by atoms with Crippen LogP contribution in [-0.4, -0.2) is 7.11 Å². The lowest BCUT2D eigenvalue weighted by Gasteiger charge is -2.17. The van der Waals surface area contributed by atoms with Gasteiger partial charge in [-0.05, 0) is 36.8 Å². The van der Waals surface area contributed by atoms with E-state index in [1.54, 1.807) is 18.2 Å². The third kappa shape index (κ3) is 3.28. The Balaban J connectivity index is 2.18. The van der Waals surface area contributed by atoms with Crippen LogP contribution in [0.25, 0.3) is 0 Å². The predicted molar refractivity (Wildman–Crippen MR) is 79.1 cm³/mol. The summed E-state index contributed by atoms with van der Waals surface area (Å²) >= 11 is 3.32. The standard InChI is InChI=1S/C15H14BrF2NO/c1-9(12-5-3-10(17)7-13(12)16)19-11-4-6-15(20-2)14(18)8-11/h3-9,19H,1-2H3. The molecule has 0 fully saturated rings. The van der Waals surface area contributed by atoms with Gasteiger partial charge in [0, 0.05) is 22.3 Å². The fourth-order valence-corrected chi connectivity index (χ4v) is 2.63. The van der Waals surface area contributed by atoms with Crippen molar-refractivity contribution < 1.29 is 13.5 Å². The van der Waals surface area contributed by atoms with E-state index in [2.05, 4.69) is 21.2 Å². The zero-order chi connectivity index (χ0) is 14.7. The summed E-state index contributed by atoms with van der Waals surface area (Å²) < 4.78 is 32.2. The van der Waals surface area contributed by atoms with Gasteiger partial charge in [0.2, 0.25) is 0 Å². The van der Waals surface area contributed by atoms with E-state index in [0.29, 0.717) is 10.2 Å². The number of ether oxygens (including phenoxy) is 1. The van der Waals surface area contributed by atoms with Crippen LogP contribution in [0.4, 0.5) is 14.5 Å². The lowest BCUT2D eigenvalue weighted by molar-refractivity contribution is 0.386. The Morgan fingerprint density at radius 1 is 1.15 bits per heavy atom. The molecule has 2 rings (SSSR count). The first kappa shape index (κ1) is 14.8. The maximum atomic E-state index is 13.6. The topological polar surface area (TPSA) is 21.3 Å². The molecule has 5 heteroatoms. The molecule has 2 aromatic carbocycles. The van der Waals surface area contributed by atoms with Crippen molar-refractivity contribution in [2.45, 2.75) is 13.0 Å². The van der Waals surface area contributed by atoms with Gasteiger partial charge < -0.3 is 10.1 Å². The molecule has 0 spiro atoms. The minimum atomic E-state index is -0.428. The van der Waals surface area contributed by atoms with Gasteiger partial charge in [0.1, 0.15) is 5.82 Å². The number of halogens is 3. The second-order valence-electron chi connectivity index (χ2n) is 4.38. The van der Waals surface area contributed by atoms with Crippen LogP contribution in [-0.2, 0) is 0 Å². The molecule has 106 valence electrons. The number of hydrogen-bond donors (Lipinski definition) is 1. The van der Waals surface area contributed by atoms with Crippen molar-refractivity contribution in [2.75, 3.05) is 12.4 Å². The van der Waals surface area contributed by atoms with Crippen LogP contribution >= 0.6 is 15.9 Å². The quantitative estimate of drug-likeness (QED) is 0.853. The SMILES string of the molecule is COc1ccc(NC(C)c2ccc(F)cc2Br)cc1F. The van der Waals surface area contributed by atoms with Crippen molar-refractivity contribution in [3.8, 4) is 5.75 Å². The van der Waals surface area contributed by atoms with Crippen LogP contribution in [0.3, 0.4) is 0 Å². The van der Waals surface area contributed by atoms with Gasteiger partial charge in [0.25, 0.3) is 0 Å². The highest BCUT2D eigenvalue weighted by Gasteiger charge is 2.11. The molecular weight excluding hydrogens is 328 g/mol. The molecule has 0 aliphatic carbocycles. The number of benzene rings is 2. The van der Waals surface area contributed by atoms with Crippen LogP contribution in [0.2, 0.25) is 0 Å². The molecule has 0 heterocycles. The van der Waals surface area contributed by atoms with Crippen LogP contribution in [0.1, 0.15) is 18.5 Å². The van der Waals surface area contributed by atoms with Crippen LogP contribution in [0, 0.1) is 11.6 Å². The van der Waals surface area contributed by atoms with Crippen LogP contribution in [0.15, 0.2) is 40.9 Å². The monoisotopic (exact) mass is 341 g/mol. The summed E-state index contributed by atoms with van der Waals surface area (Å²) in [4.78, 5) is 0. The van der Waals surface area contributed by atoms with Crippen molar-refractivity contribution in [1.82, 2.24) is 0 Å². The summed E-state index contributed by atoms with van der Waals surface area (Å²) in [5, 5.41) is 3.16. The smallest absolute Gasteiger partial charge is 0.167 e. The van der Waals surface area contributed by atoms with Gasteiger partial charge in [-0.1, -0.05) is 22.0 Å². The summed E-state index contributed by atoms with van der Waals surface area (Å²) in [6.45, 7) is 1.92. The maximum absolute atomic E-state index is 13.6. The Labute approximate surface area is 124 Å². The van der Waals surface area contributed by atoms with Gasteiger partial charge in [-0.25, -0.2) is 8.78 Å². The lowest BCUT2D eigenvalue weighted by Crippen LogP contribution is -2.07. The minimum Gasteiger partial charge on any atom is -0.494 e. The average Bonchev–Trinajstić information content (AvgIpc) is 2.38. The second kappa shape index (κ2) is 6.22. The molecule has 0 aliphatic rings. The molecule has 0 radical (unpaired) electrons. The Bertz CT molecular complexity index is 619. The molecule has 20 heavy (non-hydrogen) atoms. The molecule has 0 aromatic heterocycles. The Hall–Kier alpha value is -1.62. The number of methoxy groups -OCH3 is 1. The molecule has 2 nitrogen and oxygen atoms in total. The molecule has 0 amide bonds. The van der Waals surface area contributed by atoms with Crippen molar-refractivity contribution in [3.05, 3.63) is 58.1 Å². The highest BCUT2D eigenvalue weighted by Crippen LogP contribution is 2.28. The third-order valence-corrected chi connectivity index (χ3v) is 3.65. The fraction of sp³-hybridized carbons (Fsp3) is 0.200. The zero-order valence-electron chi connectivity index (χ0n) is 11.1. The highest BCUT2D eigenvalue weighted by atomic mass is 79.9. The molecule has 0 saturated carbocycles. The normalized spacial score (nSPS) is 12.1. The van der Waals surface area contributed by atoms with Gasteiger partial charge in [0.15, 0.2) is 11.6 Å². The molecule has 0 saturated heterocycles. The average molecular weight is 342 g/mol. The van der Waals surface area contributed by atoms with E-state index in [1.807, 2.05) is 6.92 Å². The largest absolute Gasteiger partial charge is 0.494 e. The van der Waals surface area contributed by atoms with Gasteiger partial charge in [-0.2, -0.15) is 0 Å². The molecular formula is C15H14BrF2NO. The van der Waals surface area contributed by atoms with Crippen molar-refractivity contribution in [3.63, 3.8) is 0 Å². The van der Waals surface area contributed by atoms with Crippen molar-refractivity contribution in [2.24, 2.45) is 0 Å². The summed E-state index contributed by atoms with van der Waals surface area (Å²) in [7, 11) is 1.42. The fourth-order valence-electron chi connectivity index (χ4n) is 1.94. The van der Waals surface area contributed by atoms with Gasteiger partial charge in [0.05, 0.1) is 7.11 Å². The first-order valence-corrected chi connectivity index (χ1v) is 6.85. The van der Waals surface area contributed by atoms with E-state index in [0.717, 1.165) is 5.56 Å². The van der Waals surface area contributed by atoms with Crippen molar-refractivity contribution in [1.29, 1.82) is 0 Å². The molecule has 0 bridgehead atoms. The molecule has 1 unspecified atom stereocenters. The summed E-state index contributed by atoms with van der Waals surface area (Å²) in [6, 6.07) is 9.05. The van der Waals surface area contributed by atoms with Crippen molar-refractivity contribution >= 4 is 21.6 Å². The number of anilines is 1. The lowest BCUT2D eigenvalue weighted by atomic mass is 10.1. The maximum Gasteiger partial charge on any atom is 0.167 e. The van der Waals surface area contributed by atoms with Crippen LogP contribution in [0.5, 0.6) is 5.75 Å². The van der Waals surface area contributed by atoms with Gasteiger partial charge in [-0.15, -0.1) is 0 Å². The molecule has 1 atom stereocenters. The van der Waals surface area contributed by atoms with E-state index in [9.17, 15) is 8.78 Å². The van der Waals surface area contributed by atoms with E-state index in [4.69, 9.17) is 4.74 Å². The van der Waals surface area contributed by atoms with E-state index < -0.39 is 5.82 Å². The number of nitrogens with one attached hydrogen (secondary N) is 1. The van der Waals surface area contributed by atoms with Gasteiger partial charge >= 0.3 is 0 Å². The summed E-state index contributed by atoms with van der Waals surface area (Å²) in [5.74, 6) is -0.530. The first-order chi connectivity index (χ1) is 9.51. The first-order valence-electron chi connectivity index (χ1n) is 6.06. The zero-order valence-corrected chi connectivity index (χ0v) is 12.7.